The topological polar surface area (TPSA) is 52.3 Å². The van der Waals surface area contributed by atoms with E-state index in [9.17, 15) is 4.79 Å². The zero-order chi connectivity index (χ0) is 9.68. The van der Waals surface area contributed by atoms with Crippen molar-refractivity contribution in [3.8, 4) is 11.8 Å². The van der Waals surface area contributed by atoms with Crippen molar-refractivity contribution < 1.29 is 9.53 Å². The maximum absolute atomic E-state index is 10.3. The number of carbonyl (C=O) groups is 1. The highest BCUT2D eigenvalue weighted by molar-refractivity contribution is 7.10. The largest absolute Gasteiger partial charge is 0.379 e. The Bertz CT molecular complexity index is 359. The van der Waals surface area contributed by atoms with Crippen molar-refractivity contribution >= 4 is 17.2 Å². The van der Waals surface area contributed by atoms with Crippen LogP contribution in [0.1, 0.15) is 10.4 Å². The minimum atomic E-state index is -0.612. The highest BCUT2D eigenvalue weighted by atomic mass is 32.1. The lowest BCUT2D eigenvalue weighted by molar-refractivity contribution is -0.112. The van der Waals surface area contributed by atoms with E-state index < -0.39 is 5.91 Å². The van der Waals surface area contributed by atoms with Crippen LogP contribution in [0.3, 0.4) is 0 Å². The molecule has 0 saturated carbocycles. The fraction of sp³-hybridized carbons (Fsp3) is 0.222. The summed E-state index contributed by atoms with van der Waals surface area (Å²) in [6.45, 7) is 0.572. The van der Waals surface area contributed by atoms with Crippen LogP contribution >= 0.6 is 11.3 Å². The molecule has 0 aliphatic carbocycles. The molecule has 0 spiro atoms. The molecule has 0 aliphatic rings. The summed E-state index contributed by atoms with van der Waals surface area (Å²) in [6, 6.07) is 1.88. The number of carbonyl (C=O) groups excluding carboxylic acids is 1. The summed E-state index contributed by atoms with van der Waals surface area (Å²) >= 11 is 1.55. The Morgan fingerprint density at radius 2 is 2.54 bits per heavy atom. The molecule has 1 aromatic rings. The van der Waals surface area contributed by atoms with Crippen LogP contribution in [-0.2, 0) is 16.1 Å². The number of primary amides is 1. The minimum absolute atomic E-state index is 0.572. The third-order valence-electron chi connectivity index (χ3n) is 1.27. The molecule has 1 aromatic heterocycles. The Kier molecular flexibility index (Phi) is 3.50. The number of methoxy groups -OCH3 is 1. The van der Waals surface area contributed by atoms with Gasteiger partial charge in [-0.3, -0.25) is 4.79 Å². The number of nitrogens with two attached hydrogens (primary N) is 1. The van der Waals surface area contributed by atoms with E-state index in [-0.39, 0.29) is 0 Å². The molecular formula is C9H9NO2S. The average Bonchev–Trinajstić information content (AvgIpc) is 2.50. The van der Waals surface area contributed by atoms with Crippen molar-refractivity contribution in [2.24, 2.45) is 5.73 Å². The second-order valence-electron chi connectivity index (χ2n) is 2.35. The van der Waals surface area contributed by atoms with Crippen molar-refractivity contribution in [2.75, 3.05) is 7.11 Å². The zero-order valence-electron chi connectivity index (χ0n) is 7.16. The molecule has 1 rings (SSSR count). The van der Waals surface area contributed by atoms with Gasteiger partial charge in [0.1, 0.15) is 0 Å². The molecule has 4 heteroatoms. The first-order valence-electron chi connectivity index (χ1n) is 3.60. The second kappa shape index (κ2) is 4.65. The molecule has 68 valence electrons. The van der Waals surface area contributed by atoms with Crippen LogP contribution in [0, 0.1) is 11.8 Å². The van der Waals surface area contributed by atoms with Crippen LogP contribution in [0.4, 0.5) is 0 Å². The quantitative estimate of drug-likeness (QED) is 0.707. The molecule has 13 heavy (non-hydrogen) atoms. The molecular weight excluding hydrogens is 186 g/mol. The third kappa shape index (κ3) is 3.28. The highest BCUT2D eigenvalue weighted by Crippen LogP contribution is 2.14. The van der Waals surface area contributed by atoms with E-state index in [1.807, 2.05) is 11.4 Å². The smallest absolute Gasteiger partial charge is 0.293 e. The van der Waals surface area contributed by atoms with E-state index in [4.69, 9.17) is 10.5 Å². The van der Waals surface area contributed by atoms with Crippen LogP contribution in [-0.4, -0.2) is 13.0 Å². The second-order valence-corrected chi connectivity index (χ2v) is 3.34. The Labute approximate surface area is 80.5 Å². The van der Waals surface area contributed by atoms with Crippen LogP contribution in [0.15, 0.2) is 11.4 Å². The van der Waals surface area contributed by atoms with Crippen LogP contribution in [0.2, 0.25) is 0 Å². The van der Waals surface area contributed by atoms with Gasteiger partial charge in [-0.15, -0.1) is 11.3 Å². The number of hydrogen-bond donors (Lipinski definition) is 1. The summed E-state index contributed by atoms with van der Waals surface area (Å²) in [7, 11) is 1.63. The summed E-state index contributed by atoms with van der Waals surface area (Å²) in [6.07, 6.45) is 0. The lowest BCUT2D eigenvalue weighted by Gasteiger charge is -1.89. The number of rotatable bonds is 2. The van der Waals surface area contributed by atoms with Crippen molar-refractivity contribution in [1.82, 2.24) is 0 Å². The lowest BCUT2D eigenvalue weighted by atomic mass is 10.3. The Balaban J connectivity index is 2.70. The fourth-order valence-electron chi connectivity index (χ4n) is 0.798. The van der Waals surface area contributed by atoms with Gasteiger partial charge in [0.2, 0.25) is 0 Å². The molecule has 1 amide bonds. The first-order valence-corrected chi connectivity index (χ1v) is 4.48. The van der Waals surface area contributed by atoms with Crippen molar-refractivity contribution in [3.05, 3.63) is 21.9 Å². The minimum Gasteiger partial charge on any atom is -0.379 e. The van der Waals surface area contributed by atoms with Gasteiger partial charge in [-0.1, -0.05) is 5.92 Å². The molecule has 0 aliphatic heterocycles. The van der Waals surface area contributed by atoms with E-state index in [2.05, 4.69) is 11.8 Å². The maximum atomic E-state index is 10.3. The number of ether oxygens (including phenoxy) is 1. The Morgan fingerprint density at radius 1 is 1.77 bits per heavy atom. The van der Waals surface area contributed by atoms with Crippen molar-refractivity contribution in [2.45, 2.75) is 6.61 Å². The van der Waals surface area contributed by atoms with Gasteiger partial charge in [0.15, 0.2) is 0 Å². The predicted molar refractivity (Wildman–Crippen MR) is 51.1 cm³/mol. The predicted octanol–water partition coefficient (Wildman–Crippen LogP) is 0.731. The number of hydrogen-bond acceptors (Lipinski definition) is 3. The summed E-state index contributed by atoms with van der Waals surface area (Å²) in [4.78, 5) is 11.4. The fourth-order valence-corrected chi connectivity index (χ4v) is 1.58. The molecule has 0 bridgehead atoms. The molecule has 0 fully saturated rings. The van der Waals surface area contributed by atoms with E-state index >= 15 is 0 Å². The molecule has 0 atom stereocenters. The Hall–Kier alpha value is -1.31. The summed E-state index contributed by atoms with van der Waals surface area (Å²) in [5.74, 6) is 4.31. The maximum Gasteiger partial charge on any atom is 0.293 e. The van der Waals surface area contributed by atoms with Gasteiger partial charge in [-0.05, 0) is 6.07 Å². The molecule has 3 nitrogen and oxygen atoms in total. The van der Waals surface area contributed by atoms with Crippen molar-refractivity contribution in [3.63, 3.8) is 0 Å². The molecule has 0 unspecified atom stereocenters. The van der Waals surface area contributed by atoms with Gasteiger partial charge in [-0.2, -0.15) is 0 Å². The van der Waals surface area contributed by atoms with E-state index in [0.29, 0.717) is 6.61 Å². The van der Waals surface area contributed by atoms with Gasteiger partial charge in [0, 0.05) is 28.9 Å². The first-order chi connectivity index (χ1) is 6.22. The summed E-state index contributed by atoms with van der Waals surface area (Å²) in [5, 5.41) is 1.87. The van der Waals surface area contributed by atoms with Gasteiger partial charge in [0.25, 0.3) is 5.91 Å². The van der Waals surface area contributed by atoms with Crippen LogP contribution in [0.5, 0.6) is 0 Å². The van der Waals surface area contributed by atoms with Gasteiger partial charge in [0.05, 0.1) is 6.61 Å². The SMILES string of the molecule is COCc1cc(C#CC(N)=O)cs1. The number of thiophene rings is 1. The average molecular weight is 195 g/mol. The summed E-state index contributed by atoms with van der Waals surface area (Å²) < 4.78 is 4.94. The van der Waals surface area contributed by atoms with Crippen LogP contribution in [0.25, 0.3) is 0 Å². The molecule has 0 aromatic carbocycles. The van der Waals surface area contributed by atoms with Gasteiger partial charge in [-0.25, -0.2) is 0 Å². The van der Waals surface area contributed by atoms with E-state index in [0.717, 1.165) is 10.4 Å². The van der Waals surface area contributed by atoms with Gasteiger partial charge < -0.3 is 10.5 Å². The Morgan fingerprint density at radius 3 is 3.15 bits per heavy atom. The third-order valence-corrected chi connectivity index (χ3v) is 2.18. The molecule has 0 saturated heterocycles. The lowest BCUT2D eigenvalue weighted by Crippen LogP contribution is -2.05. The van der Waals surface area contributed by atoms with E-state index in [1.54, 1.807) is 18.4 Å². The zero-order valence-corrected chi connectivity index (χ0v) is 7.98. The van der Waals surface area contributed by atoms with Crippen LogP contribution < -0.4 is 5.73 Å². The standard InChI is InChI=1S/C9H9NO2S/c1-12-5-8-4-7(6-13-8)2-3-9(10)11/h4,6H,5H2,1H3,(H2,10,11). The van der Waals surface area contributed by atoms with Crippen molar-refractivity contribution in [1.29, 1.82) is 0 Å². The number of amides is 1. The normalized spacial score (nSPS) is 9.00. The molecule has 0 radical (unpaired) electrons. The van der Waals surface area contributed by atoms with E-state index in [1.165, 1.54) is 0 Å². The highest BCUT2D eigenvalue weighted by Gasteiger charge is 1.96. The first kappa shape index (κ1) is 9.78. The molecule has 1 heterocycles. The summed E-state index contributed by atoms with van der Waals surface area (Å²) in [5.41, 5.74) is 5.67. The monoisotopic (exact) mass is 195 g/mol. The van der Waals surface area contributed by atoms with Gasteiger partial charge >= 0.3 is 0 Å². The molecule has 2 N–H and O–H groups in total.